The lowest BCUT2D eigenvalue weighted by atomic mass is 10.1. The normalized spacial score (nSPS) is 13.6. The summed E-state index contributed by atoms with van der Waals surface area (Å²) in [5.74, 6) is 0. The molecule has 0 amide bonds. The lowest BCUT2D eigenvalue weighted by Gasteiger charge is -2.12. The van der Waals surface area contributed by atoms with Gasteiger partial charge in [0.15, 0.2) is 5.69 Å². The van der Waals surface area contributed by atoms with E-state index in [1.165, 1.54) is 28.0 Å². The van der Waals surface area contributed by atoms with E-state index in [2.05, 4.69) is 20.5 Å². The summed E-state index contributed by atoms with van der Waals surface area (Å²) >= 11 is 0. The fourth-order valence-electron chi connectivity index (χ4n) is 3.78. The Balaban J connectivity index is 0.00000231. The average Bonchev–Trinajstić information content (AvgIpc) is 3.11. The van der Waals surface area contributed by atoms with Crippen molar-refractivity contribution in [1.82, 2.24) is 25.1 Å². The number of hydrogen-bond acceptors (Lipinski definition) is 4. The monoisotopic (exact) mass is 447 g/mol. The summed E-state index contributed by atoms with van der Waals surface area (Å²) in [5, 5.41) is 11.3. The molecular weight excluding hydrogens is 431 g/mol. The minimum Gasteiger partial charge on any atom is -0.358 e. The van der Waals surface area contributed by atoms with E-state index in [0.717, 1.165) is 36.5 Å². The van der Waals surface area contributed by atoms with Gasteiger partial charge in [0.05, 0.1) is 11.4 Å². The Kier molecular flexibility index (Phi) is 5.32. The van der Waals surface area contributed by atoms with Gasteiger partial charge in [-0.2, -0.15) is 13.2 Å². The number of benzene rings is 1. The molecule has 0 saturated heterocycles. The van der Waals surface area contributed by atoms with Crippen molar-refractivity contribution in [1.29, 1.82) is 0 Å². The van der Waals surface area contributed by atoms with Crippen LogP contribution in [0.1, 0.15) is 17.0 Å². The molecule has 1 aromatic carbocycles. The van der Waals surface area contributed by atoms with Crippen molar-refractivity contribution >= 4 is 23.3 Å². The van der Waals surface area contributed by atoms with Gasteiger partial charge in [0, 0.05) is 53.9 Å². The number of nitrogens with zero attached hydrogens (tertiary/aromatic N) is 3. The number of aromatic amines is 1. The molecule has 0 aliphatic carbocycles. The predicted molar refractivity (Wildman–Crippen MR) is 113 cm³/mol. The molecule has 1 aliphatic heterocycles. The fraction of sp³-hybridized carbons (Fsp3) is 0.190. The number of fused-ring (bicyclic) bond motifs is 3. The van der Waals surface area contributed by atoms with Gasteiger partial charge < -0.3 is 10.3 Å². The fourth-order valence-corrected chi connectivity index (χ4v) is 3.78. The maximum absolute atomic E-state index is 12.7. The molecule has 4 heterocycles. The molecule has 0 spiro atoms. The van der Waals surface area contributed by atoms with E-state index < -0.39 is 11.9 Å². The molecule has 10 heteroatoms. The third kappa shape index (κ3) is 3.82. The van der Waals surface area contributed by atoms with Crippen LogP contribution >= 0.6 is 12.4 Å². The van der Waals surface area contributed by atoms with E-state index in [0.29, 0.717) is 11.3 Å². The van der Waals surface area contributed by atoms with Gasteiger partial charge in [0.1, 0.15) is 0 Å². The minimum atomic E-state index is -4.55. The highest BCUT2D eigenvalue weighted by atomic mass is 35.5. The lowest BCUT2D eigenvalue weighted by Crippen LogP contribution is -2.22. The van der Waals surface area contributed by atoms with Crippen molar-refractivity contribution in [3.8, 4) is 16.9 Å². The van der Waals surface area contributed by atoms with Crippen molar-refractivity contribution in [2.24, 2.45) is 0 Å². The van der Waals surface area contributed by atoms with E-state index in [-0.39, 0.29) is 23.7 Å². The summed E-state index contributed by atoms with van der Waals surface area (Å²) in [4.78, 5) is 16.1. The van der Waals surface area contributed by atoms with E-state index in [9.17, 15) is 18.0 Å². The molecule has 0 radical (unpaired) electrons. The molecule has 0 bridgehead atoms. The number of H-pyrrole nitrogens is 1. The Morgan fingerprint density at radius 2 is 1.87 bits per heavy atom. The van der Waals surface area contributed by atoms with E-state index in [4.69, 9.17) is 0 Å². The lowest BCUT2D eigenvalue weighted by molar-refractivity contribution is -0.141. The van der Waals surface area contributed by atoms with Gasteiger partial charge in [-0.05, 0) is 35.9 Å². The zero-order chi connectivity index (χ0) is 20.9. The first kappa shape index (κ1) is 21.1. The Bertz CT molecular complexity index is 1310. The standard InChI is InChI=1S/C21H16F3N5O.ClH/c22-21(23,24)19-4-3-16(27-28-19)12-6-8-29(20(30)9-12)13-1-2-14-15-11-25-7-5-17(15)26-18(14)10-13;/h1-4,6,8-10,25-26H,5,7,11H2;1H. The first-order valence-corrected chi connectivity index (χ1v) is 9.39. The van der Waals surface area contributed by atoms with Crippen LogP contribution in [0, 0.1) is 0 Å². The highest BCUT2D eigenvalue weighted by molar-refractivity contribution is 5.86. The Hall–Kier alpha value is -3.17. The number of rotatable bonds is 2. The summed E-state index contributed by atoms with van der Waals surface area (Å²) in [7, 11) is 0. The van der Waals surface area contributed by atoms with Gasteiger partial charge >= 0.3 is 6.18 Å². The number of nitrogens with one attached hydrogen (secondary N) is 2. The molecule has 6 nitrogen and oxygen atoms in total. The molecule has 0 saturated carbocycles. The van der Waals surface area contributed by atoms with Crippen LogP contribution in [0.3, 0.4) is 0 Å². The Labute approximate surface area is 180 Å². The van der Waals surface area contributed by atoms with Gasteiger partial charge in [-0.15, -0.1) is 22.6 Å². The van der Waals surface area contributed by atoms with Crippen LogP contribution in [0.5, 0.6) is 0 Å². The average molecular weight is 448 g/mol. The van der Waals surface area contributed by atoms with Crippen molar-refractivity contribution in [3.63, 3.8) is 0 Å². The molecule has 160 valence electrons. The summed E-state index contributed by atoms with van der Waals surface area (Å²) in [6.45, 7) is 1.75. The van der Waals surface area contributed by atoms with E-state index in [1.807, 2.05) is 18.2 Å². The van der Waals surface area contributed by atoms with Gasteiger partial charge in [0.25, 0.3) is 5.56 Å². The Morgan fingerprint density at radius 1 is 1.03 bits per heavy atom. The first-order valence-electron chi connectivity index (χ1n) is 9.39. The molecule has 2 N–H and O–H groups in total. The number of halogens is 4. The maximum Gasteiger partial charge on any atom is 0.435 e. The van der Waals surface area contributed by atoms with Crippen LogP contribution in [-0.2, 0) is 19.1 Å². The van der Waals surface area contributed by atoms with Crippen LogP contribution in [0.2, 0.25) is 0 Å². The molecule has 0 fully saturated rings. The maximum atomic E-state index is 12.7. The first-order chi connectivity index (χ1) is 14.4. The van der Waals surface area contributed by atoms with Gasteiger partial charge in [-0.25, -0.2) is 0 Å². The summed E-state index contributed by atoms with van der Waals surface area (Å²) in [6, 6.07) is 10.8. The zero-order valence-corrected chi connectivity index (χ0v) is 16.8. The largest absolute Gasteiger partial charge is 0.435 e. The minimum absolute atomic E-state index is 0. The molecule has 31 heavy (non-hydrogen) atoms. The van der Waals surface area contributed by atoms with Gasteiger partial charge in [-0.1, -0.05) is 6.07 Å². The van der Waals surface area contributed by atoms with Gasteiger partial charge in [0.2, 0.25) is 0 Å². The van der Waals surface area contributed by atoms with Crippen molar-refractivity contribution in [3.05, 3.63) is 76.0 Å². The predicted octanol–water partition coefficient (Wildman–Crippen LogP) is 3.86. The molecule has 5 rings (SSSR count). The quantitative estimate of drug-likeness (QED) is 0.489. The topological polar surface area (TPSA) is 75.6 Å². The highest BCUT2D eigenvalue weighted by Crippen LogP contribution is 2.28. The second-order valence-corrected chi connectivity index (χ2v) is 7.16. The number of alkyl halides is 3. The summed E-state index contributed by atoms with van der Waals surface area (Å²) in [6.07, 6.45) is -2.04. The van der Waals surface area contributed by atoms with E-state index >= 15 is 0 Å². The van der Waals surface area contributed by atoms with Crippen molar-refractivity contribution in [2.75, 3.05) is 6.54 Å². The zero-order valence-electron chi connectivity index (χ0n) is 16.0. The number of hydrogen-bond donors (Lipinski definition) is 2. The summed E-state index contributed by atoms with van der Waals surface area (Å²) < 4.78 is 39.4. The molecule has 4 aromatic rings. The van der Waals surface area contributed by atoms with E-state index in [1.54, 1.807) is 12.3 Å². The van der Waals surface area contributed by atoms with Crippen molar-refractivity contribution < 1.29 is 13.2 Å². The molecule has 3 aromatic heterocycles. The molecule has 1 aliphatic rings. The van der Waals surface area contributed by atoms with Gasteiger partial charge in [-0.3, -0.25) is 9.36 Å². The number of aromatic nitrogens is 4. The Morgan fingerprint density at radius 3 is 2.58 bits per heavy atom. The smallest absolute Gasteiger partial charge is 0.358 e. The van der Waals surface area contributed by atoms with Crippen LogP contribution in [0.15, 0.2) is 53.5 Å². The second kappa shape index (κ2) is 7.82. The van der Waals surface area contributed by atoms with Crippen LogP contribution in [0.4, 0.5) is 13.2 Å². The summed E-state index contributed by atoms with van der Waals surface area (Å²) in [5.41, 5.74) is 3.35. The second-order valence-electron chi connectivity index (χ2n) is 7.16. The number of pyridine rings is 1. The SMILES string of the molecule is Cl.O=c1cc(-c2ccc(C(F)(F)F)nn2)ccn1-c1ccc2c3c([nH]c2c1)CCNC3. The molecule has 0 unspecified atom stereocenters. The van der Waals surface area contributed by atoms with Crippen molar-refractivity contribution in [2.45, 2.75) is 19.1 Å². The highest BCUT2D eigenvalue weighted by Gasteiger charge is 2.32. The van der Waals surface area contributed by atoms with Crippen LogP contribution in [-0.4, -0.2) is 26.3 Å². The van der Waals surface area contributed by atoms with Crippen LogP contribution in [0.25, 0.3) is 27.8 Å². The third-order valence-electron chi connectivity index (χ3n) is 5.28. The third-order valence-corrected chi connectivity index (χ3v) is 5.28. The van der Waals surface area contributed by atoms with Crippen LogP contribution < -0.4 is 10.9 Å². The molecule has 0 atom stereocenters. The molecular formula is C21H17ClF3N5O.